The normalized spacial score (nSPS) is 23.1. The van der Waals surface area contributed by atoms with Gasteiger partial charge in [0.1, 0.15) is 17.7 Å². The standard InChI is InChI=1S/C33H43F3O4/c1-3-5-19-38-24-11-7-22(8-12-24)27-17-18-28(32(36)31(27)35)23-9-13-25(14-10-23)40-33(37)29-16-15-26(21-30(29)34)39-20-6-4-2/h15-18,21-25H,3-14,19-20H2,1-2H3. The molecule has 0 heterocycles. The van der Waals surface area contributed by atoms with Crippen LogP contribution >= 0.6 is 0 Å². The molecule has 0 N–H and O–H groups in total. The van der Waals surface area contributed by atoms with Crippen LogP contribution in [0.2, 0.25) is 0 Å². The van der Waals surface area contributed by atoms with Crippen LogP contribution in [0.5, 0.6) is 5.75 Å². The minimum atomic E-state index is -0.748. The van der Waals surface area contributed by atoms with Gasteiger partial charge >= 0.3 is 5.97 Å². The lowest BCUT2D eigenvalue weighted by Crippen LogP contribution is -2.25. The summed E-state index contributed by atoms with van der Waals surface area (Å²) in [5.74, 6) is -2.61. The molecule has 0 atom stereocenters. The van der Waals surface area contributed by atoms with Crippen molar-refractivity contribution in [2.45, 2.75) is 115 Å². The second-order valence-corrected chi connectivity index (χ2v) is 11.3. The maximum atomic E-state index is 15.3. The molecule has 7 heteroatoms. The first-order valence-corrected chi connectivity index (χ1v) is 15.1. The van der Waals surface area contributed by atoms with E-state index in [4.69, 9.17) is 14.2 Å². The number of carbonyl (C=O) groups is 1. The molecule has 0 aliphatic heterocycles. The van der Waals surface area contributed by atoms with Crippen molar-refractivity contribution in [1.29, 1.82) is 0 Å². The highest BCUT2D eigenvalue weighted by molar-refractivity contribution is 5.90. The maximum Gasteiger partial charge on any atom is 0.341 e. The highest BCUT2D eigenvalue weighted by atomic mass is 19.2. The molecule has 2 aliphatic rings. The predicted octanol–water partition coefficient (Wildman–Crippen LogP) is 9.01. The van der Waals surface area contributed by atoms with Crippen LogP contribution in [0.25, 0.3) is 0 Å². The Morgan fingerprint density at radius 3 is 1.85 bits per heavy atom. The molecule has 0 spiro atoms. The van der Waals surface area contributed by atoms with E-state index in [0.29, 0.717) is 49.2 Å². The summed E-state index contributed by atoms with van der Waals surface area (Å²) in [4.78, 5) is 12.6. The molecule has 40 heavy (non-hydrogen) atoms. The Morgan fingerprint density at radius 1 is 0.750 bits per heavy atom. The molecule has 2 aromatic rings. The average molecular weight is 561 g/mol. The zero-order chi connectivity index (χ0) is 28.5. The van der Waals surface area contributed by atoms with Crippen LogP contribution < -0.4 is 4.74 Å². The minimum absolute atomic E-state index is 0.0158. The Kier molecular flexibility index (Phi) is 11.3. The molecule has 0 radical (unpaired) electrons. The number of halogens is 3. The first-order chi connectivity index (χ1) is 19.4. The maximum absolute atomic E-state index is 15.3. The van der Waals surface area contributed by atoms with E-state index in [1.165, 1.54) is 12.1 Å². The molecule has 0 saturated heterocycles. The zero-order valence-corrected chi connectivity index (χ0v) is 23.9. The lowest BCUT2D eigenvalue weighted by molar-refractivity contribution is 0.0188. The second kappa shape index (κ2) is 14.9. The van der Waals surface area contributed by atoms with Crippen molar-refractivity contribution >= 4 is 5.97 Å². The molecular weight excluding hydrogens is 517 g/mol. The van der Waals surface area contributed by atoms with Crippen LogP contribution in [0.15, 0.2) is 30.3 Å². The molecule has 4 rings (SSSR count). The van der Waals surface area contributed by atoms with E-state index in [0.717, 1.165) is 58.0 Å². The van der Waals surface area contributed by atoms with Crippen LogP contribution in [0.4, 0.5) is 13.2 Å². The van der Waals surface area contributed by atoms with Gasteiger partial charge in [0.2, 0.25) is 0 Å². The van der Waals surface area contributed by atoms with Crippen molar-refractivity contribution in [2.24, 2.45) is 0 Å². The van der Waals surface area contributed by atoms with Gasteiger partial charge in [0.05, 0.1) is 18.3 Å². The number of hydrogen-bond acceptors (Lipinski definition) is 4. The quantitative estimate of drug-likeness (QED) is 0.192. The molecule has 0 amide bonds. The Hall–Kier alpha value is -2.54. The summed E-state index contributed by atoms with van der Waals surface area (Å²) in [6, 6.07) is 7.67. The summed E-state index contributed by atoms with van der Waals surface area (Å²) in [6.45, 7) is 5.44. The first kappa shape index (κ1) is 30.4. The van der Waals surface area contributed by atoms with E-state index in [1.54, 1.807) is 18.2 Å². The summed E-state index contributed by atoms with van der Waals surface area (Å²) >= 11 is 0. The molecule has 2 aromatic carbocycles. The molecule has 4 nitrogen and oxygen atoms in total. The monoisotopic (exact) mass is 560 g/mol. The van der Waals surface area contributed by atoms with Crippen LogP contribution in [-0.2, 0) is 9.47 Å². The number of esters is 1. The second-order valence-electron chi connectivity index (χ2n) is 11.3. The van der Waals surface area contributed by atoms with Crippen LogP contribution in [0.3, 0.4) is 0 Å². The van der Waals surface area contributed by atoms with Gasteiger partial charge < -0.3 is 14.2 Å². The molecule has 2 aliphatic carbocycles. The van der Waals surface area contributed by atoms with Crippen LogP contribution in [-0.4, -0.2) is 31.4 Å². The van der Waals surface area contributed by atoms with E-state index in [-0.39, 0.29) is 29.6 Å². The summed E-state index contributed by atoms with van der Waals surface area (Å²) in [6.07, 6.45) is 9.35. The average Bonchev–Trinajstić information content (AvgIpc) is 2.96. The van der Waals surface area contributed by atoms with Gasteiger partial charge in [0, 0.05) is 12.7 Å². The smallest absolute Gasteiger partial charge is 0.341 e. The van der Waals surface area contributed by atoms with Gasteiger partial charge in [-0.3, -0.25) is 0 Å². The summed E-state index contributed by atoms with van der Waals surface area (Å²) < 4.78 is 62.0. The van der Waals surface area contributed by atoms with Crippen molar-refractivity contribution in [2.75, 3.05) is 13.2 Å². The van der Waals surface area contributed by atoms with Gasteiger partial charge in [-0.05, 0) is 99.3 Å². The molecule has 2 fully saturated rings. The van der Waals surface area contributed by atoms with E-state index < -0.39 is 23.4 Å². The number of unbranched alkanes of at least 4 members (excludes halogenated alkanes) is 2. The number of benzene rings is 2. The third kappa shape index (κ3) is 7.80. The highest BCUT2D eigenvalue weighted by Crippen LogP contribution is 2.40. The van der Waals surface area contributed by atoms with E-state index >= 15 is 8.78 Å². The third-order valence-corrected chi connectivity index (χ3v) is 8.42. The highest BCUT2D eigenvalue weighted by Gasteiger charge is 2.31. The molecule has 2 saturated carbocycles. The van der Waals surface area contributed by atoms with Gasteiger partial charge in [0.25, 0.3) is 0 Å². The van der Waals surface area contributed by atoms with Crippen molar-refractivity contribution < 1.29 is 32.2 Å². The number of carbonyl (C=O) groups excluding carboxylic acids is 1. The number of rotatable bonds is 12. The molecule has 0 aromatic heterocycles. The van der Waals surface area contributed by atoms with Crippen molar-refractivity contribution in [1.82, 2.24) is 0 Å². The molecule has 220 valence electrons. The fourth-order valence-corrected chi connectivity index (χ4v) is 5.94. The van der Waals surface area contributed by atoms with E-state index in [9.17, 15) is 9.18 Å². The van der Waals surface area contributed by atoms with Crippen LogP contribution in [0.1, 0.15) is 124 Å². The van der Waals surface area contributed by atoms with Gasteiger partial charge in [-0.1, -0.05) is 38.8 Å². The Morgan fingerprint density at radius 2 is 1.30 bits per heavy atom. The fourth-order valence-electron chi connectivity index (χ4n) is 5.94. The Bertz CT molecular complexity index is 1110. The predicted molar refractivity (Wildman–Crippen MR) is 149 cm³/mol. The van der Waals surface area contributed by atoms with Gasteiger partial charge in [-0.15, -0.1) is 0 Å². The summed E-state index contributed by atoms with van der Waals surface area (Å²) in [7, 11) is 0. The Balaban J connectivity index is 1.28. The SMILES string of the molecule is CCCCOc1ccc(C(=O)OC2CCC(c3ccc(C4CCC(OCCCC)CC4)c(F)c3F)CC2)c(F)c1. The summed E-state index contributed by atoms with van der Waals surface area (Å²) in [5, 5.41) is 0. The fraction of sp³-hybridized carbons (Fsp3) is 0.606. The number of ether oxygens (including phenoxy) is 3. The lowest BCUT2D eigenvalue weighted by atomic mass is 9.79. The van der Waals surface area contributed by atoms with Crippen LogP contribution in [0, 0.1) is 17.5 Å². The summed E-state index contributed by atoms with van der Waals surface area (Å²) in [5.41, 5.74) is 0.738. The molecule has 0 unspecified atom stereocenters. The van der Waals surface area contributed by atoms with Gasteiger partial charge in [0.15, 0.2) is 11.6 Å². The lowest BCUT2D eigenvalue weighted by Gasteiger charge is -2.31. The van der Waals surface area contributed by atoms with Gasteiger partial charge in [-0.2, -0.15) is 0 Å². The van der Waals surface area contributed by atoms with E-state index in [2.05, 4.69) is 6.92 Å². The van der Waals surface area contributed by atoms with Crippen molar-refractivity contribution in [3.63, 3.8) is 0 Å². The molecular formula is C33H43F3O4. The minimum Gasteiger partial charge on any atom is -0.493 e. The first-order valence-electron chi connectivity index (χ1n) is 15.1. The third-order valence-electron chi connectivity index (χ3n) is 8.42. The van der Waals surface area contributed by atoms with E-state index in [1.807, 2.05) is 6.92 Å². The number of hydrogen-bond donors (Lipinski definition) is 0. The van der Waals surface area contributed by atoms with Crippen molar-refractivity contribution in [3.8, 4) is 5.75 Å². The Labute approximate surface area is 236 Å². The largest absolute Gasteiger partial charge is 0.493 e. The zero-order valence-electron chi connectivity index (χ0n) is 23.9. The topological polar surface area (TPSA) is 44.8 Å². The van der Waals surface area contributed by atoms with Gasteiger partial charge in [-0.25, -0.2) is 18.0 Å². The molecule has 0 bridgehead atoms. The van der Waals surface area contributed by atoms with Crippen molar-refractivity contribution in [3.05, 3.63) is 64.5 Å².